The molecule has 7 heteroatoms. The second-order valence-electron chi connectivity index (χ2n) is 4.31. The van der Waals surface area contributed by atoms with Crippen molar-refractivity contribution in [1.29, 1.82) is 0 Å². The highest BCUT2D eigenvalue weighted by Crippen LogP contribution is 2.32. The zero-order valence-electron chi connectivity index (χ0n) is 11.5. The van der Waals surface area contributed by atoms with Gasteiger partial charge in [-0.3, -0.25) is 4.90 Å². The minimum absolute atomic E-state index is 0.188. The molecule has 3 nitrogen and oxygen atoms in total. The molecule has 0 bridgehead atoms. The van der Waals surface area contributed by atoms with Gasteiger partial charge in [-0.25, -0.2) is 0 Å². The van der Waals surface area contributed by atoms with Gasteiger partial charge in [0.25, 0.3) is 0 Å². The van der Waals surface area contributed by atoms with E-state index in [4.69, 9.17) is 5.73 Å². The highest BCUT2D eigenvalue weighted by Gasteiger charge is 2.33. The van der Waals surface area contributed by atoms with Crippen LogP contribution in [0.15, 0.2) is 24.3 Å². The molecule has 1 unspecified atom stereocenters. The topological polar surface area (TPSA) is 38.5 Å². The quantitative estimate of drug-likeness (QED) is 0.840. The van der Waals surface area contributed by atoms with E-state index in [0.29, 0.717) is 5.56 Å². The number of nitrogens with zero attached hydrogens (tertiary/aromatic N) is 1. The molecule has 0 saturated carbocycles. The minimum atomic E-state index is -4.70. The third-order valence-electron chi connectivity index (χ3n) is 2.91. The van der Waals surface area contributed by atoms with Gasteiger partial charge in [-0.1, -0.05) is 18.2 Å². The summed E-state index contributed by atoms with van der Waals surface area (Å²) < 4.78 is 41.3. The first-order chi connectivity index (χ1) is 9.39. The lowest BCUT2D eigenvalue weighted by Gasteiger charge is -2.28. The Balaban J connectivity index is 2.97. The normalized spacial score (nSPS) is 13.6. The zero-order valence-corrected chi connectivity index (χ0v) is 12.3. The van der Waals surface area contributed by atoms with Crippen molar-refractivity contribution in [1.82, 2.24) is 4.90 Å². The largest absolute Gasteiger partial charge is 0.573 e. The van der Waals surface area contributed by atoms with Crippen LogP contribution in [0.3, 0.4) is 0 Å². The van der Waals surface area contributed by atoms with Crippen LogP contribution < -0.4 is 10.5 Å². The molecule has 0 aliphatic rings. The molecule has 0 saturated heterocycles. The monoisotopic (exact) mass is 308 g/mol. The summed E-state index contributed by atoms with van der Waals surface area (Å²) in [5.41, 5.74) is 6.18. The molecule has 1 aromatic carbocycles. The molecule has 1 rings (SSSR count). The Kier molecular flexibility index (Phi) is 6.64. The predicted molar refractivity (Wildman–Crippen MR) is 75.9 cm³/mol. The van der Waals surface area contributed by atoms with Gasteiger partial charge in [-0.15, -0.1) is 13.2 Å². The first-order valence-corrected chi connectivity index (χ1v) is 7.52. The lowest BCUT2D eigenvalue weighted by Crippen LogP contribution is -2.33. The summed E-state index contributed by atoms with van der Waals surface area (Å²) in [5.74, 6) is 0.696. The van der Waals surface area contributed by atoms with Crippen molar-refractivity contribution in [3.63, 3.8) is 0 Å². The Morgan fingerprint density at radius 2 is 2.00 bits per heavy atom. The first kappa shape index (κ1) is 17.1. The Morgan fingerprint density at radius 1 is 1.35 bits per heavy atom. The van der Waals surface area contributed by atoms with Gasteiger partial charge in [0.15, 0.2) is 0 Å². The highest BCUT2D eigenvalue weighted by molar-refractivity contribution is 7.98. The average molecular weight is 308 g/mol. The molecular weight excluding hydrogens is 289 g/mol. The number of ether oxygens (including phenoxy) is 1. The maximum absolute atomic E-state index is 12.4. The van der Waals surface area contributed by atoms with Crippen LogP contribution in [0.2, 0.25) is 0 Å². The molecule has 0 aliphatic heterocycles. The lowest BCUT2D eigenvalue weighted by atomic mass is 10.0. The minimum Gasteiger partial charge on any atom is -0.405 e. The summed E-state index contributed by atoms with van der Waals surface area (Å²) in [5, 5.41) is 0. The second-order valence-corrected chi connectivity index (χ2v) is 5.30. The molecule has 2 N–H and O–H groups in total. The predicted octanol–water partition coefficient (Wildman–Crippen LogP) is 2.88. The number of alkyl halides is 3. The number of hydrogen-bond donors (Lipinski definition) is 1. The number of nitrogens with two attached hydrogens (primary N) is 1. The van der Waals surface area contributed by atoms with E-state index in [0.717, 1.165) is 12.3 Å². The standard InChI is InChI=1S/C13H19F3N2OS/c1-18(7-8-20-2)11(9-17)10-5-3-4-6-12(10)19-13(14,15)16/h3-6,11H,7-9,17H2,1-2H3. The lowest BCUT2D eigenvalue weighted by molar-refractivity contribution is -0.275. The molecule has 20 heavy (non-hydrogen) atoms. The van der Waals surface area contributed by atoms with E-state index in [-0.39, 0.29) is 18.3 Å². The highest BCUT2D eigenvalue weighted by atomic mass is 32.2. The fourth-order valence-electron chi connectivity index (χ4n) is 1.91. The summed E-state index contributed by atoms with van der Waals surface area (Å²) in [6.45, 7) is 0.965. The SMILES string of the molecule is CSCCN(C)C(CN)c1ccccc1OC(F)(F)F. The Hall–Kier alpha value is -0.920. The molecule has 1 atom stereocenters. The Bertz CT molecular complexity index is 415. The molecule has 1 aromatic rings. The molecular formula is C13H19F3N2OS. The van der Waals surface area contributed by atoms with Crippen molar-refractivity contribution in [2.24, 2.45) is 5.73 Å². The van der Waals surface area contributed by atoms with Crippen LogP contribution in [0, 0.1) is 0 Å². The number of rotatable bonds is 7. The van der Waals surface area contributed by atoms with Crippen molar-refractivity contribution in [3.05, 3.63) is 29.8 Å². The second kappa shape index (κ2) is 7.75. The van der Waals surface area contributed by atoms with Crippen LogP contribution in [0.5, 0.6) is 5.75 Å². The molecule has 0 spiro atoms. The number of para-hydroxylation sites is 1. The summed E-state index contributed by atoms with van der Waals surface area (Å²) in [6.07, 6.45) is -2.72. The van der Waals surface area contributed by atoms with E-state index < -0.39 is 6.36 Å². The van der Waals surface area contributed by atoms with Gasteiger partial charge < -0.3 is 10.5 Å². The number of thioether (sulfide) groups is 1. The van der Waals surface area contributed by atoms with E-state index in [1.54, 1.807) is 23.9 Å². The van der Waals surface area contributed by atoms with Crippen LogP contribution in [0.1, 0.15) is 11.6 Å². The zero-order chi connectivity index (χ0) is 15.2. The maximum Gasteiger partial charge on any atom is 0.573 e. The number of halogens is 3. The molecule has 0 fully saturated rings. The van der Waals surface area contributed by atoms with Crippen molar-refractivity contribution in [2.45, 2.75) is 12.4 Å². The van der Waals surface area contributed by atoms with Crippen molar-refractivity contribution >= 4 is 11.8 Å². The van der Waals surface area contributed by atoms with Gasteiger partial charge in [0.05, 0.1) is 6.04 Å². The fourth-order valence-corrected chi connectivity index (χ4v) is 2.38. The number of benzene rings is 1. The fraction of sp³-hybridized carbons (Fsp3) is 0.538. The smallest absolute Gasteiger partial charge is 0.405 e. The van der Waals surface area contributed by atoms with Gasteiger partial charge in [0.1, 0.15) is 5.75 Å². The van der Waals surface area contributed by atoms with Crippen molar-refractivity contribution in [2.75, 3.05) is 32.1 Å². The first-order valence-electron chi connectivity index (χ1n) is 6.13. The summed E-state index contributed by atoms with van der Waals surface area (Å²) in [6, 6.07) is 5.83. The van der Waals surface area contributed by atoms with Gasteiger partial charge in [-0.2, -0.15) is 11.8 Å². The Morgan fingerprint density at radius 3 is 2.55 bits per heavy atom. The van der Waals surface area contributed by atoms with Crippen LogP contribution in [-0.4, -0.2) is 43.4 Å². The van der Waals surface area contributed by atoms with E-state index >= 15 is 0 Å². The molecule has 0 aromatic heterocycles. The molecule has 0 radical (unpaired) electrons. The van der Waals surface area contributed by atoms with Gasteiger partial charge in [0.2, 0.25) is 0 Å². The molecule has 0 aliphatic carbocycles. The van der Waals surface area contributed by atoms with E-state index in [1.165, 1.54) is 12.1 Å². The van der Waals surface area contributed by atoms with E-state index in [2.05, 4.69) is 4.74 Å². The third kappa shape index (κ3) is 5.22. The molecule has 114 valence electrons. The maximum atomic E-state index is 12.4. The molecule has 0 amide bonds. The van der Waals surface area contributed by atoms with Crippen LogP contribution in [0.4, 0.5) is 13.2 Å². The summed E-state index contributed by atoms with van der Waals surface area (Å²) in [4.78, 5) is 1.94. The van der Waals surface area contributed by atoms with Crippen LogP contribution >= 0.6 is 11.8 Å². The Labute approximate surface area is 121 Å². The molecule has 0 heterocycles. The van der Waals surface area contributed by atoms with E-state index in [9.17, 15) is 13.2 Å². The van der Waals surface area contributed by atoms with Crippen LogP contribution in [-0.2, 0) is 0 Å². The van der Waals surface area contributed by atoms with E-state index in [1.807, 2.05) is 18.2 Å². The number of likely N-dealkylation sites (N-methyl/N-ethyl adjacent to an activating group) is 1. The van der Waals surface area contributed by atoms with Gasteiger partial charge in [-0.05, 0) is 19.4 Å². The third-order valence-corrected chi connectivity index (χ3v) is 3.50. The average Bonchev–Trinajstić information content (AvgIpc) is 2.37. The summed E-state index contributed by atoms with van der Waals surface area (Å²) >= 11 is 1.67. The van der Waals surface area contributed by atoms with Gasteiger partial charge in [0, 0.05) is 24.4 Å². The van der Waals surface area contributed by atoms with Crippen molar-refractivity contribution < 1.29 is 17.9 Å². The number of hydrogen-bond acceptors (Lipinski definition) is 4. The van der Waals surface area contributed by atoms with Crippen LogP contribution in [0.25, 0.3) is 0 Å². The van der Waals surface area contributed by atoms with Crippen molar-refractivity contribution in [3.8, 4) is 5.75 Å². The summed E-state index contributed by atoms with van der Waals surface area (Å²) in [7, 11) is 1.85. The van der Waals surface area contributed by atoms with Gasteiger partial charge >= 0.3 is 6.36 Å².